The Morgan fingerprint density at radius 3 is 2.39 bits per heavy atom. The van der Waals surface area contributed by atoms with Crippen LogP contribution in [0.5, 0.6) is 0 Å². The van der Waals surface area contributed by atoms with Crippen molar-refractivity contribution in [3.8, 4) is 0 Å². The molecule has 0 amide bonds. The Kier molecular flexibility index (Phi) is 6.81. The van der Waals surface area contributed by atoms with Gasteiger partial charge in [0, 0.05) is 18.8 Å². The molecule has 1 rings (SSSR count). The van der Waals surface area contributed by atoms with Crippen molar-refractivity contribution in [1.82, 2.24) is 0 Å². The van der Waals surface area contributed by atoms with Gasteiger partial charge in [0.05, 0.1) is 6.10 Å². The maximum Gasteiger partial charge on any atom is 0.0740 e. The molecule has 0 radical (unpaired) electrons. The zero-order valence-electron chi connectivity index (χ0n) is 12.0. The largest absolute Gasteiger partial charge is 0.391 e. The van der Waals surface area contributed by atoms with Crippen molar-refractivity contribution in [1.29, 1.82) is 0 Å². The smallest absolute Gasteiger partial charge is 0.0740 e. The molecule has 0 saturated carbocycles. The minimum atomic E-state index is -0.243. The predicted octanol–water partition coefficient (Wildman–Crippen LogP) is 3.70. The Bertz CT molecular complexity index is 312. The van der Waals surface area contributed by atoms with E-state index < -0.39 is 0 Å². The Morgan fingerprint density at radius 2 is 1.83 bits per heavy atom. The lowest BCUT2D eigenvalue weighted by molar-refractivity contribution is 0.120. The quantitative estimate of drug-likeness (QED) is 0.759. The van der Waals surface area contributed by atoms with Crippen molar-refractivity contribution in [3.63, 3.8) is 0 Å². The first-order chi connectivity index (χ1) is 8.69. The molecule has 0 aliphatic heterocycles. The van der Waals surface area contributed by atoms with Crippen LogP contribution in [0.1, 0.15) is 40.0 Å². The highest BCUT2D eigenvalue weighted by Gasteiger charge is 2.16. The summed E-state index contributed by atoms with van der Waals surface area (Å²) in [4.78, 5) is 2.31. The lowest BCUT2D eigenvalue weighted by Gasteiger charge is -2.29. The van der Waals surface area contributed by atoms with Crippen molar-refractivity contribution in [2.75, 3.05) is 18.0 Å². The highest BCUT2D eigenvalue weighted by molar-refractivity contribution is 5.46. The first-order valence-corrected chi connectivity index (χ1v) is 7.17. The molecule has 0 saturated heterocycles. The molecular weight excluding hydrogens is 222 g/mol. The van der Waals surface area contributed by atoms with Gasteiger partial charge in [-0.2, -0.15) is 0 Å². The minimum absolute atomic E-state index is 0.243. The Balaban J connectivity index is 2.67. The van der Waals surface area contributed by atoms with Gasteiger partial charge in [-0.05, 0) is 24.5 Å². The van der Waals surface area contributed by atoms with Crippen LogP contribution in [-0.4, -0.2) is 24.3 Å². The normalized spacial score (nSPS) is 14.2. The van der Waals surface area contributed by atoms with E-state index in [0.29, 0.717) is 5.92 Å². The number of hydrogen-bond donors (Lipinski definition) is 1. The van der Waals surface area contributed by atoms with Crippen LogP contribution in [0.3, 0.4) is 0 Å². The summed E-state index contributed by atoms with van der Waals surface area (Å²) in [6, 6.07) is 10.4. The molecule has 0 aromatic heterocycles. The molecule has 0 heterocycles. The summed E-state index contributed by atoms with van der Waals surface area (Å²) >= 11 is 0. The number of aliphatic hydroxyl groups is 1. The molecule has 18 heavy (non-hydrogen) atoms. The zero-order chi connectivity index (χ0) is 13.4. The van der Waals surface area contributed by atoms with Gasteiger partial charge in [0.1, 0.15) is 0 Å². The van der Waals surface area contributed by atoms with E-state index in [4.69, 9.17) is 0 Å². The van der Waals surface area contributed by atoms with Crippen LogP contribution >= 0.6 is 0 Å². The second-order valence-electron chi connectivity index (χ2n) is 5.09. The first-order valence-electron chi connectivity index (χ1n) is 7.17. The maximum atomic E-state index is 10.2. The SMILES string of the molecule is CCCCN(CC(O)C(C)CC)c1ccccc1. The molecule has 0 aliphatic rings. The van der Waals surface area contributed by atoms with E-state index in [1.54, 1.807) is 0 Å². The highest BCUT2D eigenvalue weighted by atomic mass is 16.3. The monoisotopic (exact) mass is 249 g/mol. The fourth-order valence-corrected chi connectivity index (χ4v) is 1.99. The van der Waals surface area contributed by atoms with E-state index >= 15 is 0 Å². The topological polar surface area (TPSA) is 23.5 Å². The summed E-state index contributed by atoms with van der Waals surface area (Å²) < 4.78 is 0. The number of benzene rings is 1. The number of para-hydroxylation sites is 1. The third-order valence-corrected chi connectivity index (χ3v) is 3.61. The van der Waals surface area contributed by atoms with Crippen molar-refractivity contribution in [3.05, 3.63) is 30.3 Å². The van der Waals surface area contributed by atoms with Gasteiger partial charge in [0.2, 0.25) is 0 Å². The standard InChI is InChI=1S/C16H27NO/c1-4-6-12-17(13-16(18)14(3)5-2)15-10-8-7-9-11-15/h7-11,14,16,18H,4-6,12-13H2,1-3H3. The van der Waals surface area contributed by atoms with Crippen LogP contribution in [0, 0.1) is 5.92 Å². The van der Waals surface area contributed by atoms with E-state index in [2.05, 4.69) is 49.9 Å². The van der Waals surface area contributed by atoms with Gasteiger partial charge in [-0.15, -0.1) is 0 Å². The predicted molar refractivity (Wildman–Crippen MR) is 79.0 cm³/mol. The third-order valence-electron chi connectivity index (χ3n) is 3.61. The Labute approximate surface area is 112 Å². The van der Waals surface area contributed by atoms with Gasteiger partial charge >= 0.3 is 0 Å². The van der Waals surface area contributed by atoms with Crippen LogP contribution in [0.4, 0.5) is 5.69 Å². The number of rotatable bonds is 8. The van der Waals surface area contributed by atoms with Gasteiger partial charge in [0.25, 0.3) is 0 Å². The van der Waals surface area contributed by atoms with Crippen molar-refractivity contribution >= 4 is 5.69 Å². The molecular formula is C16H27NO. The minimum Gasteiger partial charge on any atom is -0.391 e. The van der Waals surface area contributed by atoms with Gasteiger partial charge < -0.3 is 10.0 Å². The summed E-state index contributed by atoms with van der Waals surface area (Å²) in [5.74, 6) is 0.359. The van der Waals surface area contributed by atoms with Crippen LogP contribution in [0.2, 0.25) is 0 Å². The van der Waals surface area contributed by atoms with Crippen LogP contribution in [0.25, 0.3) is 0 Å². The number of hydrogen-bond acceptors (Lipinski definition) is 2. The molecule has 0 spiro atoms. The number of aliphatic hydroxyl groups excluding tert-OH is 1. The van der Waals surface area contributed by atoms with Gasteiger partial charge in [-0.25, -0.2) is 0 Å². The molecule has 0 fully saturated rings. The van der Waals surface area contributed by atoms with E-state index in [1.165, 1.54) is 18.5 Å². The summed E-state index contributed by atoms with van der Waals surface area (Å²) in [5, 5.41) is 10.2. The first kappa shape index (κ1) is 15.0. The van der Waals surface area contributed by atoms with Crippen molar-refractivity contribution in [2.45, 2.75) is 46.1 Å². The third kappa shape index (κ3) is 4.69. The van der Waals surface area contributed by atoms with Gasteiger partial charge in [0.15, 0.2) is 0 Å². The lowest BCUT2D eigenvalue weighted by atomic mass is 10.0. The van der Waals surface area contributed by atoms with Crippen molar-refractivity contribution in [2.24, 2.45) is 5.92 Å². The van der Waals surface area contributed by atoms with Gasteiger partial charge in [-0.3, -0.25) is 0 Å². The molecule has 0 bridgehead atoms. The van der Waals surface area contributed by atoms with E-state index in [0.717, 1.165) is 19.5 Å². The second kappa shape index (κ2) is 8.15. The van der Waals surface area contributed by atoms with Crippen LogP contribution in [-0.2, 0) is 0 Å². The molecule has 2 unspecified atom stereocenters. The van der Waals surface area contributed by atoms with E-state index in [-0.39, 0.29) is 6.10 Å². The molecule has 102 valence electrons. The molecule has 1 aromatic rings. The summed E-state index contributed by atoms with van der Waals surface area (Å²) in [5.41, 5.74) is 1.22. The van der Waals surface area contributed by atoms with Crippen LogP contribution in [0.15, 0.2) is 30.3 Å². The average molecular weight is 249 g/mol. The molecule has 1 N–H and O–H groups in total. The number of unbranched alkanes of at least 4 members (excludes halogenated alkanes) is 1. The highest BCUT2D eigenvalue weighted by Crippen LogP contribution is 2.17. The van der Waals surface area contributed by atoms with Gasteiger partial charge in [-0.1, -0.05) is 51.8 Å². The number of anilines is 1. The van der Waals surface area contributed by atoms with Crippen LogP contribution < -0.4 is 4.90 Å². The molecule has 2 heteroatoms. The fourth-order valence-electron chi connectivity index (χ4n) is 1.99. The Morgan fingerprint density at radius 1 is 1.17 bits per heavy atom. The number of nitrogens with zero attached hydrogens (tertiary/aromatic N) is 1. The molecule has 2 atom stereocenters. The Hall–Kier alpha value is -1.02. The summed E-state index contributed by atoms with van der Waals surface area (Å²) in [6.07, 6.45) is 3.13. The lowest BCUT2D eigenvalue weighted by Crippen LogP contribution is -2.36. The maximum absolute atomic E-state index is 10.2. The zero-order valence-corrected chi connectivity index (χ0v) is 12.0. The average Bonchev–Trinajstić information content (AvgIpc) is 2.43. The summed E-state index contributed by atoms with van der Waals surface area (Å²) in [6.45, 7) is 8.21. The van der Waals surface area contributed by atoms with E-state index in [1.807, 2.05) is 6.07 Å². The van der Waals surface area contributed by atoms with Crippen molar-refractivity contribution < 1.29 is 5.11 Å². The molecule has 1 aromatic carbocycles. The fraction of sp³-hybridized carbons (Fsp3) is 0.625. The molecule has 0 aliphatic carbocycles. The summed E-state index contributed by atoms with van der Waals surface area (Å²) in [7, 11) is 0. The molecule has 2 nitrogen and oxygen atoms in total. The second-order valence-corrected chi connectivity index (χ2v) is 5.09. The van der Waals surface area contributed by atoms with E-state index in [9.17, 15) is 5.11 Å².